The van der Waals surface area contributed by atoms with Crippen LogP contribution in [0.5, 0.6) is 0 Å². The molecular formula is C22H26Cl2N4O3S. The Morgan fingerprint density at radius 2 is 1.91 bits per heavy atom. The van der Waals surface area contributed by atoms with Crippen LogP contribution in [-0.4, -0.2) is 24.3 Å². The van der Waals surface area contributed by atoms with Gasteiger partial charge in [-0.25, -0.2) is 10.2 Å². The molecule has 2 heterocycles. The topological polar surface area (TPSA) is 99.3 Å². The van der Waals surface area contributed by atoms with Crippen molar-refractivity contribution < 1.29 is 14.4 Å². The molecule has 4 N–H and O–H groups in total. The van der Waals surface area contributed by atoms with Gasteiger partial charge in [-0.1, -0.05) is 50.0 Å². The van der Waals surface area contributed by atoms with Crippen LogP contribution in [0.4, 0.5) is 15.5 Å². The number of halogens is 2. The monoisotopic (exact) mass is 496 g/mol. The van der Waals surface area contributed by atoms with Gasteiger partial charge in [0.1, 0.15) is 5.00 Å². The molecule has 1 aliphatic heterocycles. The Morgan fingerprint density at radius 3 is 2.59 bits per heavy atom. The van der Waals surface area contributed by atoms with Crippen LogP contribution in [0.25, 0.3) is 0 Å². The number of carbonyl (C=O) groups excluding carboxylic acids is 3. The fourth-order valence-corrected chi connectivity index (χ4v) is 5.10. The Labute approximate surface area is 201 Å². The summed E-state index contributed by atoms with van der Waals surface area (Å²) in [4.78, 5) is 38.7. The predicted octanol–water partition coefficient (Wildman–Crippen LogP) is 5.52. The van der Waals surface area contributed by atoms with E-state index >= 15 is 0 Å². The lowest BCUT2D eigenvalue weighted by Gasteiger charge is -2.21. The molecule has 2 aromatic rings. The Balaban J connectivity index is 1.88. The zero-order valence-electron chi connectivity index (χ0n) is 18.3. The van der Waals surface area contributed by atoms with Crippen molar-refractivity contribution in [2.24, 2.45) is 5.92 Å². The van der Waals surface area contributed by atoms with Crippen molar-refractivity contribution in [2.75, 3.05) is 17.2 Å². The Hall–Kier alpha value is -2.13. The van der Waals surface area contributed by atoms with E-state index in [1.54, 1.807) is 18.2 Å². The summed E-state index contributed by atoms with van der Waals surface area (Å²) in [5.74, 6) is -0.494. The Morgan fingerprint density at radius 1 is 1.19 bits per heavy atom. The average Bonchev–Trinajstić information content (AvgIpc) is 2.88. The number of amides is 3. The molecule has 0 bridgehead atoms. The lowest BCUT2D eigenvalue weighted by Crippen LogP contribution is -2.38. The summed E-state index contributed by atoms with van der Waals surface area (Å²) in [6.45, 7) is 8.28. The first-order valence-corrected chi connectivity index (χ1v) is 11.8. The molecule has 1 aromatic carbocycles. The fourth-order valence-electron chi connectivity index (χ4n) is 3.49. The molecule has 3 rings (SSSR count). The van der Waals surface area contributed by atoms with Crippen LogP contribution in [0.2, 0.25) is 10.0 Å². The molecular weight excluding hydrogens is 471 g/mol. The second-order valence-corrected chi connectivity index (χ2v) is 10.5. The van der Waals surface area contributed by atoms with Crippen molar-refractivity contribution in [3.8, 4) is 0 Å². The minimum Gasteiger partial charge on any atom is -0.306 e. The van der Waals surface area contributed by atoms with E-state index in [0.29, 0.717) is 39.8 Å². The number of thiophene rings is 1. The van der Waals surface area contributed by atoms with E-state index in [1.807, 2.05) is 27.7 Å². The lowest BCUT2D eigenvalue weighted by atomic mass is 9.85. The first-order valence-electron chi connectivity index (χ1n) is 10.2. The highest BCUT2D eigenvalue weighted by molar-refractivity contribution is 7.17. The van der Waals surface area contributed by atoms with Gasteiger partial charge in [0.05, 0.1) is 15.7 Å². The smallest absolute Gasteiger partial charge is 0.306 e. The third-order valence-corrected chi connectivity index (χ3v) is 7.62. The van der Waals surface area contributed by atoms with Gasteiger partial charge in [0.25, 0.3) is 0 Å². The molecule has 0 radical (unpaired) electrons. The van der Waals surface area contributed by atoms with Gasteiger partial charge in [0, 0.05) is 29.3 Å². The number of Topliss-reactive ketones (excluding diaryl/α,β-unsaturated/α-hetero) is 1. The Bertz CT molecular complexity index is 1060. The zero-order valence-corrected chi connectivity index (χ0v) is 20.6. The highest BCUT2D eigenvalue weighted by Gasteiger charge is 2.33. The van der Waals surface area contributed by atoms with Crippen molar-refractivity contribution in [1.82, 2.24) is 10.9 Å². The highest BCUT2D eigenvalue weighted by atomic mass is 35.5. The predicted molar refractivity (Wildman–Crippen MR) is 130 cm³/mol. The summed E-state index contributed by atoms with van der Waals surface area (Å²) >= 11 is 13.6. The summed E-state index contributed by atoms with van der Waals surface area (Å²) in [6.07, 6.45) is 0.748. The van der Waals surface area contributed by atoms with Crippen LogP contribution < -0.4 is 21.5 Å². The van der Waals surface area contributed by atoms with Crippen LogP contribution in [0.1, 0.15) is 54.4 Å². The number of nitrogens with one attached hydrogen (secondary N) is 4. The molecule has 172 valence electrons. The lowest BCUT2D eigenvalue weighted by molar-refractivity contribution is -0.121. The van der Waals surface area contributed by atoms with Gasteiger partial charge in [-0.2, -0.15) is 0 Å². The number of hydrogen-bond acceptors (Lipinski definition) is 5. The van der Waals surface area contributed by atoms with E-state index in [0.717, 1.165) is 4.88 Å². The van der Waals surface area contributed by atoms with Crippen LogP contribution >= 0.6 is 34.5 Å². The molecule has 32 heavy (non-hydrogen) atoms. The maximum atomic E-state index is 13.5. The van der Waals surface area contributed by atoms with Gasteiger partial charge in [-0.15, -0.1) is 11.3 Å². The van der Waals surface area contributed by atoms with Gasteiger partial charge >= 0.3 is 6.03 Å². The summed E-state index contributed by atoms with van der Waals surface area (Å²) in [6, 6.07) is 4.49. The SMILES string of the molecule is Cc1c(NC(=O)Nc2cccc(Cl)c2Cl)sc(C(C)(C)C)c1C(=O)C1CCC(=O)NNC1. The normalized spacial score (nSPS) is 16.8. The number of hydrazine groups is 1. The van der Waals surface area contributed by atoms with Gasteiger partial charge in [-0.3, -0.25) is 20.3 Å². The molecule has 1 aliphatic rings. The average molecular weight is 497 g/mol. The minimum atomic E-state index is -0.482. The summed E-state index contributed by atoms with van der Waals surface area (Å²) in [7, 11) is 0. The van der Waals surface area contributed by atoms with E-state index in [4.69, 9.17) is 23.2 Å². The van der Waals surface area contributed by atoms with Crippen LogP contribution in [0, 0.1) is 12.8 Å². The second-order valence-electron chi connectivity index (χ2n) is 8.72. The van der Waals surface area contributed by atoms with Crippen molar-refractivity contribution in [2.45, 2.75) is 46.0 Å². The van der Waals surface area contributed by atoms with Crippen LogP contribution in [-0.2, 0) is 10.2 Å². The van der Waals surface area contributed by atoms with Crippen LogP contribution in [0.15, 0.2) is 18.2 Å². The molecule has 1 atom stereocenters. The van der Waals surface area contributed by atoms with E-state index in [9.17, 15) is 14.4 Å². The first-order chi connectivity index (χ1) is 15.0. The third kappa shape index (κ3) is 5.43. The number of benzene rings is 1. The number of rotatable bonds is 4. The van der Waals surface area contributed by atoms with Gasteiger partial charge in [0.2, 0.25) is 5.91 Å². The maximum Gasteiger partial charge on any atom is 0.324 e. The molecule has 10 heteroatoms. The van der Waals surface area contributed by atoms with Gasteiger partial charge in [0.15, 0.2) is 5.78 Å². The van der Waals surface area contributed by atoms with E-state index in [-0.39, 0.29) is 34.5 Å². The van der Waals surface area contributed by atoms with Crippen molar-refractivity contribution in [3.05, 3.63) is 44.2 Å². The van der Waals surface area contributed by atoms with E-state index < -0.39 is 6.03 Å². The molecule has 3 amide bonds. The first kappa shape index (κ1) is 24.5. The third-order valence-electron chi connectivity index (χ3n) is 5.17. The summed E-state index contributed by atoms with van der Waals surface area (Å²) < 4.78 is 0. The van der Waals surface area contributed by atoms with Crippen molar-refractivity contribution >= 4 is 62.9 Å². The van der Waals surface area contributed by atoms with Crippen LogP contribution in [0.3, 0.4) is 0 Å². The molecule has 0 spiro atoms. The number of ketones is 1. The van der Waals surface area contributed by atoms with E-state index in [1.165, 1.54) is 11.3 Å². The number of urea groups is 1. The number of anilines is 2. The molecule has 1 aromatic heterocycles. The largest absolute Gasteiger partial charge is 0.324 e. The number of carbonyl (C=O) groups is 3. The van der Waals surface area contributed by atoms with E-state index in [2.05, 4.69) is 21.5 Å². The molecule has 1 fully saturated rings. The Kier molecular flexibility index (Phi) is 7.50. The maximum absolute atomic E-state index is 13.5. The van der Waals surface area contributed by atoms with Crippen molar-refractivity contribution in [3.63, 3.8) is 0 Å². The summed E-state index contributed by atoms with van der Waals surface area (Å²) in [5, 5.41) is 6.73. The summed E-state index contributed by atoms with van der Waals surface area (Å²) in [5.41, 5.74) is 6.81. The molecule has 1 unspecified atom stereocenters. The fraction of sp³-hybridized carbons (Fsp3) is 0.409. The molecule has 7 nitrogen and oxygen atoms in total. The van der Waals surface area contributed by atoms with Crippen molar-refractivity contribution in [1.29, 1.82) is 0 Å². The van der Waals surface area contributed by atoms with Gasteiger partial charge < -0.3 is 5.32 Å². The van der Waals surface area contributed by atoms with Gasteiger partial charge in [-0.05, 0) is 36.5 Å². The zero-order chi connectivity index (χ0) is 23.6. The number of hydrogen-bond donors (Lipinski definition) is 4. The molecule has 0 aliphatic carbocycles. The second kappa shape index (κ2) is 9.79. The molecule has 1 saturated heterocycles. The quantitative estimate of drug-likeness (QED) is 0.418. The minimum absolute atomic E-state index is 0.0287. The molecule has 0 saturated carbocycles. The standard InChI is InChI=1S/C22H26Cl2N4O3S/c1-11-16(18(30)12-8-9-15(29)28-25-10-12)19(22(2,3)4)32-20(11)27-21(31)26-14-7-5-6-13(23)17(14)24/h5-7,12,25H,8-10H2,1-4H3,(H,28,29)(H2,26,27,31). The highest BCUT2D eigenvalue weighted by Crippen LogP contribution is 2.41.